The lowest BCUT2D eigenvalue weighted by atomic mass is 10.0. The van der Waals surface area contributed by atoms with E-state index in [4.69, 9.17) is 4.74 Å². The van der Waals surface area contributed by atoms with Crippen molar-refractivity contribution in [3.63, 3.8) is 0 Å². The van der Waals surface area contributed by atoms with Crippen LogP contribution in [0.3, 0.4) is 0 Å². The molecule has 5 rings (SSSR count). The Morgan fingerprint density at radius 2 is 1.89 bits per heavy atom. The summed E-state index contributed by atoms with van der Waals surface area (Å²) in [6.07, 6.45) is 1.25. The number of ether oxygens (including phenoxy) is 1. The Balaban J connectivity index is 1.17. The number of benzene rings is 2. The van der Waals surface area contributed by atoms with Crippen molar-refractivity contribution in [3.05, 3.63) is 71.3 Å². The van der Waals surface area contributed by atoms with Gasteiger partial charge in [-0.1, -0.05) is 12.1 Å². The van der Waals surface area contributed by atoms with Gasteiger partial charge >= 0.3 is 6.09 Å². The van der Waals surface area contributed by atoms with Gasteiger partial charge in [-0.3, -0.25) is 14.3 Å². The highest BCUT2D eigenvalue weighted by Crippen LogP contribution is 2.30. The third-order valence-corrected chi connectivity index (χ3v) is 7.63. The van der Waals surface area contributed by atoms with Gasteiger partial charge in [0, 0.05) is 24.7 Å². The Labute approximate surface area is 198 Å². The second-order valence-electron chi connectivity index (χ2n) is 8.24. The summed E-state index contributed by atoms with van der Waals surface area (Å²) in [6.45, 7) is 1.52. The molecule has 2 aliphatic rings. The van der Waals surface area contributed by atoms with Gasteiger partial charge in [0.15, 0.2) is 17.5 Å². The summed E-state index contributed by atoms with van der Waals surface area (Å²) in [5, 5.41) is 9.90. The first-order valence-electron chi connectivity index (χ1n) is 10.7. The molecule has 9 nitrogen and oxygen atoms in total. The van der Waals surface area contributed by atoms with Crippen molar-refractivity contribution in [1.82, 2.24) is 15.1 Å². The summed E-state index contributed by atoms with van der Waals surface area (Å²) in [4.78, 5) is 12.0. The number of amides is 1. The van der Waals surface area contributed by atoms with Crippen molar-refractivity contribution in [2.45, 2.75) is 25.6 Å². The number of carbonyl (C=O) groups is 1. The van der Waals surface area contributed by atoms with Crippen LogP contribution in [0.5, 0.6) is 5.75 Å². The molecule has 1 fully saturated rings. The summed E-state index contributed by atoms with van der Waals surface area (Å²) in [5.74, 6) is -4.12. The van der Waals surface area contributed by atoms with Crippen LogP contribution < -0.4 is 19.7 Å². The third-order valence-electron chi connectivity index (χ3n) is 5.88. The topological polar surface area (TPSA) is 106 Å². The number of nitrogens with zero attached hydrogens (tertiary/aromatic N) is 3. The quantitative estimate of drug-likeness (QED) is 0.515. The Morgan fingerprint density at radius 1 is 1.17 bits per heavy atom. The average Bonchev–Trinajstić information content (AvgIpc) is 3.20. The van der Waals surface area contributed by atoms with E-state index in [-0.39, 0.29) is 23.2 Å². The molecule has 0 radical (unpaired) electrons. The highest BCUT2D eigenvalue weighted by Gasteiger charge is 2.36. The van der Waals surface area contributed by atoms with Crippen molar-refractivity contribution in [1.29, 1.82) is 0 Å². The lowest BCUT2D eigenvalue weighted by molar-refractivity contribution is 0.215. The maximum atomic E-state index is 13.3. The van der Waals surface area contributed by atoms with Gasteiger partial charge in [-0.15, -0.1) is 0 Å². The molecular weight excluding hydrogens is 487 g/mol. The zero-order valence-corrected chi connectivity index (χ0v) is 19.0. The third kappa shape index (κ3) is 4.68. The van der Waals surface area contributed by atoms with Crippen LogP contribution in [-0.4, -0.2) is 42.6 Å². The number of hydrogen-bond acceptors (Lipinski definition) is 6. The number of nitrogens with one attached hydrogen (secondary N) is 2. The van der Waals surface area contributed by atoms with E-state index in [2.05, 4.69) is 15.7 Å². The number of anilines is 2. The molecule has 3 heterocycles. The molecule has 0 unspecified atom stereocenters. The maximum absolute atomic E-state index is 13.3. The average molecular weight is 507 g/mol. The Bertz CT molecular complexity index is 1370. The molecule has 184 valence electrons. The first-order chi connectivity index (χ1) is 16.7. The van der Waals surface area contributed by atoms with Crippen LogP contribution in [0.25, 0.3) is 0 Å². The minimum atomic E-state index is -3.21. The molecule has 0 spiro atoms. The summed E-state index contributed by atoms with van der Waals surface area (Å²) in [5.41, 5.74) is 2.13. The van der Waals surface area contributed by atoms with Gasteiger partial charge in [0.25, 0.3) is 0 Å². The standard InChI is InChI=1S/C22H20F3N5O4S/c23-17-8-14(9-18(24)21(17)25)28-22(31)34-16-3-1-13(2-4-16)7-15-12-29-19(10-26-15)20(11-27-29)30-5-6-35(30,32)33/h1-4,8-9,11,15,26H,5-7,10,12H2,(H,28,31)/t15-/m0/s1. The van der Waals surface area contributed by atoms with E-state index in [1.807, 2.05) is 4.68 Å². The van der Waals surface area contributed by atoms with Crippen LogP contribution in [0.15, 0.2) is 42.6 Å². The molecule has 1 saturated heterocycles. The summed E-state index contributed by atoms with van der Waals surface area (Å²) < 4.78 is 71.7. The molecule has 2 aromatic carbocycles. The smallest absolute Gasteiger partial charge is 0.410 e. The normalized spacial score (nSPS) is 18.5. The van der Waals surface area contributed by atoms with E-state index in [1.165, 1.54) is 4.31 Å². The van der Waals surface area contributed by atoms with E-state index in [0.29, 0.717) is 43.9 Å². The van der Waals surface area contributed by atoms with Gasteiger partial charge in [-0.25, -0.2) is 26.4 Å². The number of fused-ring (bicyclic) bond motifs is 1. The van der Waals surface area contributed by atoms with Crippen molar-refractivity contribution < 1.29 is 31.1 Å². The van der Waals surface area contributed by atoms with E-state index < -0.39 is 33.6 Å². The van der Waals surface area contributed by atoms with Gasteiger partial charge in [0.2, 0.25) is 10.0 Å². The van der Waals surface area contributed by atoms with Crippen molar-refractivity contribution in [3.8, 4) is 5.75 Å². The van der Waals surface area contributed by atoms with E-state index >= 15 is 0 Å². The van der Waals surface area contributed by atoms with Crippen LogP contribution in [0.4, 0.5) is 29.3 Å². The van der Waals surface area contributed by atoms with Crippen molar-refractivity contribution >= 4 is 27.5 Å². The van der Waals surface area contributed by atoms with Gasteiger partial charge in [0.05, 0.1) is 42.1 Å². The molecule has 35 heavy (non-hydrogen) atoms. The van der Waals surface area contributed by atoms with E-state index in [1.54, 1.807) is 30.5 Å². The van der Waals surface area contributed by atoms with Gasteiger partial charge < -0.3 is 10.1 Å². The number of aromatic nitrogens is 2. The molecule has 1 aromatic heterocycles. The number of sulfonamides is 1. The van der Waals surface area contributed by atoms with Crippen LogP contribution in [-0.2, 0) is 29.5 Å². The van der Waals surface area contributed by atoms with Crippen molar-refractivity contribution in [2.24, 2.45) is 0 Å². The summed E-state index contributed by atoms with van der Waals surface area (Å²) >= 11 is 0. The Morgan fingerprint density at radius 3 is 2.51 bits per heavy atom. The fraction of sp³-hybridized carbons (Fsp3) is 0.273. The molecular formula is C22H20F3N5O4S. The molecule has 0 aliphatic carbocycles. The molecule has 1 amide bonds. The van der Waals surface area contributed by atoms with Gasteiger partial charge in [0.1, 0.15) is 5.75 Å². The fourth-order valence-corrected chi connectivity index (χ4v) is 5.17. The monoisotopic (exact) mass is 507 g/mol. The zero-order chi connectivity index (χ0) is 24.7. The molecule has 2 N–H and O–H groups in total. The van der Waals surface area contributed by atoms with Crippen molar-refractivity contribution in [2.75, 3.05) is 21.9 Å². The first kappa shape index (κ1) is 23.2. The minimum absolute atomic E-state index is 0.0570. The second kappa shape index (κ2) is 8.89. The van der Waals surface area contributed by atoms with E-state index in [0.717, 1.165) is 11.3 Å². The van der Waals surface area contributed by atoms with Gasteiger partial charge in [-0.05, 0) is 24.1 Å². The number of rotatable bonds is 5. The SMILES string of the molecule is O=C(Nc1cc(F)c(F)c(F)c1)Oc1ccc(C[C@H]2Cn3ncc(N4CCS4(=O)=O)c3CN2)cc1. The first-order valence-corrected chi connectivity index (χ1v) is 12.3. The second-order valence-corrected chi connectivity index (χ2v) is 10.3. The Kier molecular flexibility index (Phi) is 5.89. The number of carbonyl (C=O) groups excluding carboxylic acids is 1. The predicted molar refractivity (Wildman–Crippen MR) is 120 cm³/mol. The Hall–Kier alpha value is -3.58. The summed E-state index contributed by atoms with van der Waals surface area (Å²) in [7, 11) is -3.21. The zero-order valence-electron chi connectivity index (χ0n) is 18.2. The molecule has 0 saturated carbocycles. The summed E-state index contributed by atoms with van der Waals surface area (Å²) in [6, 6.07) is 8.07. The minimum Gasteiger partial charge on any atom is -0.410 e. The number of hydrogen-bond donors (Lipinski definition) is 2. The highest BCUT2D eigenvalue weighted by atomic mass is 32.2. The van der Waals surface area contributed by atoms with Crippen LogP contribution in [0, 0.1) is 17.5 Å². The highest BCUT2D eigenvalue weighted by molar-refractivity contribution is 7.94. The molecule has 1 atom stereocenters. The lowest BCUT2D eigenvalue weighted by Crippen LogP contribution is -2.49. The van der Waals surface area contributed by atoms with E-state index in [9.17, 15) is 26.4 Å². The lowest BCUT2D eigenvalue weighted by Gasteiger charge is -2.33. The predicted octanol–water partition coefficient (Wildman–Crippen LogP) is 2.78. The fourth-order valence-electron chi connectivity index (χ4n) is 4.06. The molecule has 3 aromatic rings. The van der Waals surface area contributed by atoms with Crippen LogP contribution in [0.1, 0.15) is 11.3 Å². The van der Waals surface area contributed by atoms with Gasteiger partial charge in [-0.2, -0.15) is 5.10 Å². The molecule has 2 aliphatic heterocycles. The maximum Gasteiger partial charge on any atom is 0.417 e. The molecule has 13 heteroatoms. The number of halogens is 3. The van der Waals surface area contributed by atoms with Crippen LogP contribution in [0.2, 0.25) is 0 Å². The van der Waals surface area contributed by atoms with Crippen LogP contribution >= 0.6 is 0 Å². The molecule has 0 bridgehead atoms. The largest absolute Gasteiger partial charge is 0.417 e.